The number of carbonyl (C=O) groups excluding carboxylic acids is 2. The van der Waals surface area contributed by atoms with E-state index in [2.05, 4.69) is 27.0 Å². The van der Waals surface area contributed by atoms with Crippen molar-refractivity contribution < 1.29 is 32.2 Å². The fourth-order valence-corrected chi connectivity index (χ4v) is 9.87. The molecule has 0 saturated carbocycles. The molecule has 1 atom stereocenters. The van der Waals surface area contributed by atoms with E-state index in [1.54, 1.807) is 24.3 Å². The van der Waals surface area contributed by atoms with Crippen LogP contribution >= 0.6 is 0 Å². The van der Waals surface area contributed by atoms with Crippen molar-refractivity contribution in [2.75, 3.05) is 56.8 Å². The van der Waals surface area contributed by atoms with E-state index in [1.165, 1.54) is 25.5 Å². The van der Waals surface area contributed by atoms with Crippen molar-refractivity contribution in [2.45, 2.75) is 45.2 Å². The van der Waals surface area contributed by atoms with Gasteiger partial charge in [0.25, 0.3) is 11.8 Å². The molecule has 0 spiro atoms. The zero-order valence-electron chi connectivity index (χ0n) is 33.6. The lowest BCUT2D eigenvalue weighted by Crippen LogP contribution is -2.40. The summed E-state index contributed by atoms with van der Waals surface area (Å²) in [6, 6.07) is 23.8. The standard InChI is InChI=1S/C45H51N5O7S/c1-5-56-43-24-33(9-15-42(43)55-3)41(29-58(4,53)54)50-44(51)38-14-10-35(25-39(38)45(50)52)49-22-18-32(19-23-49)31-16-20-48(21-17-31)28-30-6-11-36(12-7-30)57-37-13-8-34-27-46-47(2)40(34)26-37/h6-15,24-27,31-32,41H,5,16-23,28-29H2,1-4H3. The van der Waals surface area contributed by atoms with Gasteiger partial charge in [0.2, 0.25) is 0 Å². The van der Waals surface area contributed by atoms with Crippen LogP contribution in [0.1, 0.15) is 70.5 Å². The highest BCUT2D eigenvalue weighted by Crippen LogP contribution is 2.39. The molecule has 13 heteroatoms. The third kappa shape index (κ3) is 8.28. The van der Waals surface area contributed by atoms with Crippen LogP contribution < -0.4 is 19.1 Å². The number of sulfone groups is 1. The molecule has 0 N–H and O–H groups in total. The Morgan fingerprint density at radius 1 is 0.793 bits per heavy atom. The lowest BCUT2D eigenvalue weighted by molar-refractivity contribution is 0.0597. The first kappa shape index (κ1) is 39.4. The van der Waals surface area contributed by atoms with Gasteiger partial charge in [-0.15, -0.1) is 0 Å². The molecule has 8 rings (SSSR count). The lowest BCUT2D eigenvalue weighted by Gasteiger charge is -2.41. The molecule has 4 aromatic carbocycles. The minimum Gasteiger partial charge on any atom is -0.493 e. The Morgan fingerprint density at radius 2 is 1.48 bits per heavy atom. The summed E-state index contributed by atoms with van der Waals surface area (Å²) in [4.78, 5) is 33.8. The molecule has 3 aliphatic heterocycles. The number of methoxy groups -OCH3 is 1. The van der Waals surface area contributed by atoms with Gasteiger partial charge in [-0.25, -0.2) is 8.42 Å². The first-order chi connectivity index (χ1) is 28.0. The summed E-state index contributed by atoms with van der Waals surface area (Å²) in [5.41, 5.74) is 4.29. The Morgan fingerprint density at radius 3 is 2.17 bits per heavy atom. The number of nitrogens with zero attached hydrogens (tertiary/aromatic N) is 5. The average Bonchev–Trinajstić information content (AvgIpc) is 3.71. The van der Waals surface area contributed by atoms with Crippen molar-refractivity contribution in [3.63, 3.8) is 0 Å². The lowest BCUT2D eigenvalue weighted by atomic mass is 9.78. The number of aromatic nitrogens is 2. The molecule has 12 nitrogen and oxygen atoms in total. The van der Waals surface area contributed by atoms with E-state index in [0.29, 0.717) is 41.1 Å². The smallest absolute Gasteiger partial charge is 0.262 e. The number of benzene rings is 4. The quantitative estimate of drug-likeness (QED) is 0.112. The molecule has 4 heterocycles. The largest absolute Gasteiger partial charge is 0.493 e. The highest BCUT2D eigenvalue weighted by Gasteiger charge is 2.42. The van der Waals surface area contributed by atoms with Crippen LogP contribution in [0.3, 0.4) is 0 Å². The Kier molecular flexibility index (Phi) is 11.2. The average molecular weight is 806 g/mol. The maximum absolute atomic E-state index is 14.0. The second-order valence-corrected chi connectivity index (χ2v) is 18.0. The zero-order chi connectivity index (χ0) is 40.6. The van der Waals surface area contributed by atoms with E-state index in [9.17, 15) is 18.0 Å². The SMILES string of the molecule is CCOc1cc(C(CS(C)(=O)=O)N2C(=O)c3ccc(N4CCC(C5CCN(Cc6ccc(Oc7ccc8cnn(C)c8c7)cc6)CC5)CC4)cc3C2=O)ccc1OC. The number of aryl methyl sites for hydroxylation is 1. The van der Waals surface area contributed by atoms with Crippen LogP contribution in [-0.2, 0) is 23.4 Å². The topological polar surface area (TPSA) is 124 Å². The number of imide groups is 1. The van der Waals surface area contributed by atoms with Crippen LogP contribution in [0.15, 0.2) is 85.1 Å². The molecule has 58 heavy (non-hydrogen) atoms. The van der Waals surface area contributed by atoms with Gasteiger partial charge >= 0.3 is 0 Å². The van der Waals surface area contributed by atoms with E-state index in [1.807, 2.05) is 67.3 Å². The molecule has 2 fully saturated rings. The number of piperidine rings is 2. The third-order valence-electron chi connectivity index (χ3n) is 12.0. The van der Waals surface area contributed by atoms with Gasteiger partial charge in [0.1, 0.15) is 21.3 Å². The molecule has 2 amide bonds. The van der Waals surface area contributed by atoms with E-state index >= 15 is 0 Å². The summed E-state index contributed by atoms with van der Waals surface area (Å²) in [6.45, 7) is 7.03. The molecular formula is C45H51N5O7S. The predicted octanol–water partition coefficient (Wildman–Crippen LogP) is 7.28. The van der Waals surface area contributed by atoms with E-state index in [4.69, 9.17) is 14.2 Å². The summed E-state index contributed by atoms with van der Waals surface area (Å²) in [6.07, 6.45) is 7.48. The molecule has 0 radical (unpaired) electrons. The van der Waals surface area contributed by atoms with Crippen LogP contribution in [0.4, 0.5) is 5.69 Å². The monoisotopic (exact) mass is 805 g/mol. The number of fused-ring (bicyclic) bond motifs is 2. The number of hydrogen-bond acceptors (Lipinski definition) is 10. The van der Waals surface area contributed by atoms with Crippen LogP contribution in [-0.4, -0.2) is 91.7 Å². The van der Waals surface area contributed by atoms with Gasteiger partial charge in [-0.3, -0.25) is 24.1 Å². The van der Waals surface area contributed by atoms with Crippen molar-refractivity contribution in [3.05, 3.63) is 107 Å². The Bertz CT molecular complexity index is 2420. The summed E-state index contributed by atoms with van der Waals surface area (Å²) in [5, 5.41) is 5.40. The van der Waals surface area contributed by atoms with Gasteiger partial charge in [0.05, 0.1) is 48.4 Å². The number of hydrogen-bond donors (Lipinski definition) is 0. The van der Waals surface area contributed by atoms with Gasteiger partial charge in [-0.05, 0) is 123 Å². The predicted molar refractivity (Wildman–Crippen MR) is 224 cm³/mol. The summed E-state index contributed by atoms with van der Waals surface area (Å²) < 4.78 is 44.4. The van der Waals surface area contributed by atoms with Gasteiger partial charge in [-0.2, -0.15) is 5.10 Å². The Hall–Kier alpha value is -5.40. The van der Waals surface area contributed by atoms with E-state index < -0.39 is 33.4 Å². The normalized spacial score (nSPS) is 17.5. The number of likely N-dealkylation sites (tertiary alicyclic amines) is 1. The minimum absolute atomic E-state index is 0.288. The summed E-state index contributed by atoms with van der Waals surface area (Å²) in [5.74, 6) is 2.44. The maximum atomic E-state index is 14.0. The number of amides is 2. The Labute approximate surface area is 340 Å². The number of anilines is 1. The molecule has 0 bridgehead atoms. The van der Waals surface area contributed by atoms with Gasteiger partial charge in [0.15, 0.2) is 11.5 Å². The van der Waals surface area contributed by atoms with Crippen LogP contribution in [0, 0.1) is 11.8 Å². The van der Waals surface area contributed by atoms with Gasteiger partial charge in [-0.1, -0.05) is 18.2 Å². The molecular weight excluding hydrogens is 755 g/mol. The van der Waals surface area contributed by atoms with Crippen molar-refractivity contribution in [3.8, 4) is 23.0 Å². The summed E-state index contributed by atoms with van der Waals surface area (Å²) in [7, 11) is -0.142. The number of carbonyl (C=O) groups is 2. The van der Waals surface area contributed by atoms with Gasteiger partial charge < -0.3 is 19.1 Å². The molecule has 0 aliphatic carbocycles. The van der Waals surface area contributed by atoms with Crippen LogP contribution in [0.5, 0.6) is 23.0 Å². The van der Waals surface area contributed by atoms with E-state index in [0.717, 1.165) is 84.8 Å². The van der Waals surface area contributed by atoms with Crippen LogP contribution in [0.2, 0.25) is 0 Å². The fraction of sp³-hybridized carbons (Fsp3) is 0.400. The fourth-order valence-electron chi connectivity index (χ4n) is 8.96. The molecule has 5 aromatic rings. The summed E-state index contributed by atoms with van der Waals surface area (Å²) >= 11 is 0. The molecule has 304 valence electrons. The minimum atomic E-state index is -3.59. The van der Waals surface area contributed by atoms with E-state index in [-0.39, 0.29) is 5.56 Å². The highest BCUT2D eigenvalue weighted by atomic mass is 32.2. The number of rotatable bonds is 13. The third-order valence-corrected chi connectivity index (χ3v) is 13.0. The second kappa shape index (κ2) is 16.5. The van der Waals surface area contributed by atoms with Crippen molar-refractivity contribution in [2.24, 2.45) is 18.9 Å². The first-order valence-electron chi connectivity index (χ1n) is 20.1. The molecule has 1 aromatic heterocycles. The van der Waals surface area contributed by atoms with Crippen molar-refractivity contribution in [1.29, 1.82) is 0 Å². The van der Waals surface area contributed by atoms with Crippen molar-refractivity contribution >= 4 is 38.2 Å². The first-order valence-corrected chi connectivity index (χ1v) is 22.2. The van der Waals surface area contributed by atoms with Gasteiger partial charge in [0, 0.05) is 50.1 Å². The van der Waals surface area contributed by atoms with Crippen molar-refractivity contribution in [1.82, 2.24) is 19.6 Å². The molecule has 2 saturated heterocycles. The maximum Gasteiger partial charge on any atom is 0.262 e. The molecule has 3 aliphatic rings. The molecule has 1 unspecified atom stereocenters. The highest BCUT2D eigenvalue weighted by molar-refractivity contribution is 7.90. The second-order valence-electron chi connectivity index (χ2n) is 15.8. The zero-order valence-corrected chi connectivity index (χ0v) is 34.4. The Balaban J connectivity index is 0.853. The number of ether oxygens (including phenoxy) is 3. The van der Waals surface area contributed by atoms with Crippen LogP contribution in [0.25, 0.3) is 10.9 Å².